The lowest BCUT2D eigenvalue weighted by Crippen LogP contribution is -2.48. The molecule has 0 unspecified atom stereocenters. The lowest BCUT2D eigenvalue weighted by Gasteiger charge is -2.29. The first-order chi connectivity index (χ1) is 11.8. The molecule has 140 valence electrons. The summed E-state index contributed by atoms with van der Waals surface area (Å²) in [4.78, 5) is 14.4. The average Bonchev–Trinajstić information content (AvgIpc) is 2.59. The van der Waals surface area contributed by atoms with Crippen molar-refractivity contribution in [3.8, 4) is 0 Å². The third-order valence-electron chi connectivity index (χ3n) is 4.07. The number of nitrogens with one attached hydrogen (secondary N) is 1. The van der Waals surface area contributed by atoms with Crippen molar-refractivity contribution in [3.63, 3.8) is 0 Å². The second-order valence-corrected chi connectivity index (χ2v) is 9.09. The van der Waals surface area contributed by atoms with Crippen LogP contribution in [0, 0.1) is 5.92 Å². The minimum absolute atomic E-state index is 0.0735. The van der Waals surface area contributed by atoms with Gasteiger partial charge in [0.1, 0.15) is 0 Å². The van der Waals surface area contributed by atoms with Crippen molar-refractivity contribution in [1.82, 2.24) is 14.5 Å². The highest BCUT2D eigenvalue weighted by molar-refractivity contribution is 7.89. The Kier molecular flexibility index (Phi) is 7.25. The molecule has 0 spiro atoms. The number of nitrogens with zero attached hydrogens (tertiary/aromatic N) is 2. The number of piperazine rings is 1. The van der Waals surface area contributed by atoms with Gasteiger partial charge in [-0.15, -0.1) is 0 Å². The van der Waals surface area contributed by atoms with Gasteiger partial charge < -0.3 is 10.2 Å². The monoisotopic (exact) mass is 387 g/mol. The van der Waals surface area contributed by atoms with Crippen molar-refractivity contribution in [3.05, 3.63) is 34.9 Å². The van der Waals surface area contributed by atoms with Gasteiger partial charge in [-0.1, -0.05) is 37.6 Å². The summed E-state index contributed by atoms with van der Waals surface area (Å²) in [6.07, 6.45) is 0. The summed E-state index contributed by atoms with van der Waals surface area (Å²) in [5.41, 5.74) is 0.407. The van der Waals surface area contributed by atoms with Gasteiger partial charge in [0.25, 0.3) is 5.91 Å². The van der Waals surface area contributed by atoms with Crippen molar-refractivity contribution in [2.45, 2.75) is 13.8 Å². The van der Waals surface area contributed by atoms with E-state index in [0.717, 1.165) is 0 Å². The molecule has 0 saturated carbocycles. The zero-order valence-corrected chi connectivity index (χ0v) is 16.3. The Morgan fingerprint density at radius 3 is 2.52 bits per heavy atom. The van der Waals surface area contributed by atoms with Gasteiger partial charge in [0.2, 0.25) is 10.0 Å². The van der Waals surface area contributed by atoms with Gasteiger partial charge in [0, 0.05) is 39.3 Å². The molecule has 8 heteroatoms. The molecule has 0 atom stereocenters. The lowest BCUT2D eigenvalue weighted by atomic mass is 10.1. The van der Waals surface area contributed by atoms with Crippen LogP contribution in [0.15, 0.2) is 24.3 Å². The molecule has 1 N–H and O–H groups in total. The van der Waals surface area contributed by atoms with Crippen molar-refractivity contribution >= 4 is 27.5 Å². The third-order valence-corrected chi connectivity index (χ3v) is 6.25. The van der Waals surface area contributed by atoms with Crippen molar-refractivity contribution in [2.24, 2.45) is 5.92 Å². The fraction of sp³-hybridized carbons (Fsp3) is 0.588. The van der Waals surface area contributed by atoms with Crippen LogP contribution < -0.4 is 5.32 Å². The van der Waals surface area contributed by atoms with E-state index in [4.69, 9.17) is 11.6 Å². The fourth-order valence-electron chi connectivity index (χ4n) is 2.80. The van der Waals surface area contributed by atoms with Crippen LogP contribution in [0.5, 0.6) is 0 Å². The summed E-state index contributed by atoms with van der Waals surface area (Å²) in [5, 5.41) is 3.52. The first-order valence-electron chi connectivity index (χ1n) is 8.53. The highest BCUT2D eigenvalue weighted by Crippen LogP contribution is 2.18. The quantitative estimate of drug-likeness (QED) is 0.772. The van der Waals surface area contributed by atoms with Gasteiger partial charge in [0.05, 0.1) is 16.3 Å². The number of halogens is 1. The van der Waals surface area contributed by atoms with Crippen LogP contribution in [0.4, 0.5) is 0 Å². The van der Waals surface area contributed by atoms with Gasteiger partial charge in [-0.3, -0.25) is 4.79 Å². The van der Waals surface area contributed by atoms with E-state index >= 15 is 0 Å². The molecule has 1 amide bonds. The molecule has 0 aliphatic carbocycles. The molecule has 1 aromatic rings. The van der Waals surface area contributed by atoms with Crippen molar-refractivity contribution in [1.29, 1.82) is 0 Å². The molecule has 25 heavy (non-hydrogen) atoms. The van der Waals surface area contributed by atoms with E-state index in [2.05, 4.69) is 5.32 Å². The van der Waals surface area contributed by atoms with Crippen LogP contribution in [0.25, 0.3) is 0 Å². The van der Waals surface area contributed by atoms with E-state index in [9.17, 15) is 13.2 Å². The molecule has 1 fully saturated rings. The van der Waals surface area contributed by atoms with E-state index in [-0.39, 0.29) is 24.1 Å². The zero-order chi connectivity index (χ0) is 18.4. The number of amides is 1. The van der Waals surface area contributed by atoms with Crippen LogP contribution >= 0.6 is 11.6 Å². The Balaban J connectivity index is 2.10. The number of carbonyl (C=O) groups excluding carboxylic acids is 1. The molecule has 0 radical (unpaired) electrons. The minimum Gasteiger partial charge on any atom is -0.337 e. The number of benzene rings is 1. The molecule has 1 aromatic carbocycles. The van der Waals surface area contributed by atoms with Crippen LogP contribution in [0.3, 0.4) is 0 Å². The molecule has 0 bridgehead atoms. The zero-order valence-electron chi connectivity index (χ0n) is 14.7. The van der Waals surface area contributed by atoms with E-state index < -0.39 is 10.0 Å². The lowest BCUT2D eigenvalue weighted by molar-refractivity contribution is 0.0747. The molecule has 2 rings (SSSR count). The summed E-state index contributed by atoms with van der Waals surface area (Å²) in [7, 11) is -3.37. The summed E-state index contributed by atoms with van der Waals surface area (Å²) in [5.74, 6) is -0.0706. The number of hydrogen-bond donors (Lipinski definition) is 1. The van der Waals surface area contributed by atoms with Crippen LogP contribution in [0.1, 0.15) is 24.2 Å². The Labute approximate surface area is 155 Å². The fourth-order valence-corrected chi connectivity index (χ4v) is 4.46. The van der Waals surface area contributed by atoms with E-state index in [1.54, 1.807) is 29.2 Å². The van der Waals surface area contributed by atoms with E-state index in [1.165, 1.54) is 4.31 Å². The summed E-state index contributed by atoms with van der Waals surface area (Å²) >= 11 is 6.13. The predicted molar refractivity (Wildman–Crippen MR) is 100 cm³/mol. The van der Waals surface area contributed by atoms with E-state index in [0.29, 0.717) is 43.3 Å². The standard InChI is InChI=1S/C17H26ClN3O3S/c1-14(2)13-20(17(22)15-5-3-4-6-16(15)18)11-12-25(23,24)21-9-7-19-8-10-21/h3-6,14,19H,7-13H2,1-2H3. The molecule has 6 nitrogen and oxygen atoms in total. The highest BCUT2D eigenvalue weighted by atomic mass is 35.5. The first kappa shape index (κ1) is 20.2. The molecule has 1 aliphatic heterocycles. The number of hydrogen-bond acceptors (Lipinski definition) is 4. The Morgan fingerprint density at radius 2 is 1.92 bits per heavy atom. The first-order valence-corrected chi connectivity index (χ1v) is 10.5. The molecule has 0 aromatic heterocycles. The second-order valence-electron chi connectivity index (χ2n) is 6.59. The van der Waals surface area contributed by atoms with E-state index in [1.807, 2.05) is 13.8 Å². The normalized spacial score (nSPS) is 16.2. The number of sulfonamides is 1. The maximum absolute atomic E-state index is 12.8. The number of rotatable bonds is 7. The topological polar surface area (TPSA) is 69.7 Å². The predicted octanol–water partition coefficient (Wildman–Crippen LogP) is 1.67. The number of carbonyl (C=O) groups is 1. The SMILES string of the molecule is CC(C)CN(CCS(=O)(=O)N1CCNCC1)C(=O)c1ccccc1Cl. The Morgan fingerprint density at radius 1 is 1.28 bits per heavy atom. The highest BCUT2D eigenvalue weighted by Gasteiger charge is 2.26. The van der Waals surface area contributed by atoms with Gasteiger partial charge in [-0.2, -0.15) is 4.31 Å². The second kappa shape index (κ2) is 8.98. The molecule has 1 saturated heterocycles. The summed E-state index contributed by atoms with van der Waals surface area (Å²) < 4.78 is 26.6. The van der Waals surface area contributed by atoms with Gasteiger partial charge in [-0.05, 0) is 18.1 Å². The Bertz CT molecular complexity index is 688. The molecular formula is C17H26ClN3O3S. The third kappa shape index (κ3) is 5.67. The Hall–Kier alpha value is -1.15. The van der Waals surface area contributed by atoms with Crippen molar-refractivity contribution < 1.29 is 13.2 Å². The molecule has 1 heterocycles. The van der Waals surface area contributed by atoms with Gasteiger partial charge in [0.15, 0.2) is 0 Å². The largest absolute Gasteiger partial charge is 0.337 e. The van der Waals surface area contributed by atoms with Crippen LogP contribution in [0.2, 0.25) is 5.02 Å². The van der Waals surface area contributed by atoms with Crippen LogP contribution in [-0.4, -0.2) is 68.6 Å². The average molecular weight is 388 g/mol. The summed E-state index contributed by atoms with van der Waals surface area (Å²) in [6, 6.07) is 6.85. The molecule has 1 aliphatic rings. The van der Waals surface area contributed by atoms with Crippen molar-refractivity contribution in [2.75, 3.05) is 45.0 Å². The molecular weight excluding hydrogens is 362 g/mol. The van der Waals surface area contributed by atoms with Crippen LogP contribution in [-0.2, 0) is 10.0 Å². The maximum Gasteiger partial charge on any atom is 0.255 e. The van der Waals surface area contributed by atoms with Gasteiger partial charge >= 0.3 is 0 Å². The van der Waals surface area contributed by atoms with Gasteiger partial charge in [-0.25, -0.2) is 8.42 Å². The maximum atomic E-state index is 12.8. The minimum atomic E-state index is -3.37. The summed E-state index contributed by atoms with van der Waals surface area (Å²) in [6.45, 7) is 6.92. The smallest absolute Gasteiger partial charge is 0.255 e.